The molecular weight excluding hydrogens is 174 g/mol. The summed E-state index contributed by atoms with van der Waals surface area (Å²) in [5, 5.41) is 0.647. The molecular formula is C9H9ClNO. The van der Waals surface area contributed by atoms with E-state index < -0.39 is 5.91 Å². The zero-order valence-electron chi connectivity index (χ0n) is 6.73. The first kappa shape index (κ1) is 9.07. The van der Waals surface area contributed by atoms with Gasteiger partial charge in [-0.3, -0.25) is 10.5 Å². The third-order valence-corrected chi connectivity index (χ3v) is 2.01. The molecule has 0 aliphatic heterocycles. The van der Waals surface area contributed by atoms with Crippen molar-refractivity contribution in [1.82, 2.24) is 5.73 Å². The maximum Gasteiger partial charge on any atom is 0.242 e. The van der Waals surface area contributed by atoms with Crippen LogP contribution < -0.4 is 5.73 Å². The Hall–Kier alpha value is -1.02. The lowest BCUT2D eigenvalue weighted by Gasteiger charge is -2.00. The van der Waals surface area contributed by atoms with Crippen molar-refractivity contribution >= 4 is 17.5 Å². The highest BCUT2D eigenvalue weighted by atomic mass is 35.5. The van der Waals surface area contributed by atoms with Crippen LogP contribution in [0.25, 0.3) is 0 Å². The molecule has 0 unspecified atom stereocenters. The Labute approximate surface area is 76.3 Å². The van der Waals surface area contributed by atoms with Gasteiger partial charge in [0.05, 0.1) is 6.42 Å². The van der Waals surface area contributed by atoms with E-state index in [-0.39, 0.29) is 6.42 Å². The van der Waals surface area contributed by atoms with Crippen LogP contribution in [-0.2, 0) is 11.2 Å². The highest BCUT2D eigenvalue weighted by Gasteiger charge is 2.01. The largest absolute Gasteiger partial charge is 0.273 e. The lowest BCUT2D eigenvalue weighted by atomic mass is 10.1. The number of benzene rings is 1. The van der Waals surface area contributed by atoms with Gasteiger partial charge in [0, 0.05) is 5.02 Å². The molecule has 12 heavy (non-hydrogen) atoms. The van der Waals surface area contributed by atoms with Gasteiger partial charge in [-0.1, -0.05) is 23.7 Å². The van der Waals surface area contributed by atoms with Crippen molar-refractivity contribution in [3.63, 3.8) is 0 Å². The van der Waals surface area contributed by atoms with Crippen LogP contribution in [0.5, 0.6) is 0 Å². The Kier molecular flexibility index (Phi) is 2.71. The maximum absolute atomic E-state index is 10.4. The molecule has 1 aromatic rings. The maximum atomic E-state index is 10.4. The van der Waals surface area contributed by atoms with Crippen LogP contribution in [0.15, 0.2) is 18.2 Å². The SMILES string of the molecule is Cc1ccc(CC([NH])=O)cc1Cl. The van der Waals surface area contributed by atoms with Gasteiger partial charge in [-0.05, 0) is 24.1 Å². The third-order valence-electron chi connectivity index (χ3n) is 1.60. The summed E-state index contributed by atoms with van der Waals surface area (Å²) in [6.07, 6.45) is 0.139. The fraction of sp³-hybridized carbons (Fsp3) is 0.222. The lowest BCUT2D eigenvalue weighted by molar-refractivity contribution is -0.118. The molecule has 1 radical (unpaired) electrons. The fourth-order valence-electron chi connectivity index (χ4n) is 0.932. The van der Waals surface area contributed by atoms with E-state index in [1.807, 2.05) is 19.1 Å². The van der Waals surface area contributed by atoms with Crippen LogP contribution in [0, 0.1) is 6.92 Å². The lowest BCUT2D eigenvalue weighted by Crippen LogP contribution is -2.02. The van der Waals surface area contributed by atoms with E-state index in [4.69, 9.17) is 17.3 Å². The zero-order chi connectivity index (χ0) is 9.14. The number of aryl methyl sites for hydroxylation is 1. The van der Waals surface area contributed by atoms with Gasteiger partial charge in [0.2, 0.25) is 5.91 Å². The molecule has 0 spiro atoms. The fourth-order valence-corrected chi connectivity index (χ4v) is 1.13. The summed E-state index contributed by atoms with van der Waals surface area (Å²) in [4.78, 5) is 10.4. The molecule has 0 bridgehead atoms. The summed E-state index contributed by atoms with van der Waals surface area (Å²) in [6, 6.07) is 5.39. The second-order valence-electron chi connectivity index (χ2n) is 2.68. The molecule has 0 heterocycles. The molecule has 0 saturated heterocycles. The van der Waals surface area contributed by atoms with Crippen LogP contribution in [0.1, 0.15) is 11.1 Å². The molecule has 0 aliphatic carbocycles. The quantitative estimate of drug-likeness (QED) is 0.690. The molecule has 3 heteroatoms. The Morgan fingerprint density at radius 3 is 2.75 bits per heavy atom. The van der Waals surface area contributed by atoms with Crippen molar-refractivity contribution in [3.8, 4) is 0 Å². The summed E-state index contributed by atoms with van der Waals surface area (Å²) in [6.45, 7) is 1.90. The highest BCUT2D eigenvalue weighted by Crippen LogP contribution is 2.16. The van der Waals surface area contributed by atoms with E-state index in [0.717, 1.165) is 11.1 Å². The molecule has 0 aromatic heterocycles. The molecule has 1 rings (SSSR count). The molecule has 0 saturated carbocycles. The van der Waals surface area contributed by atoms with Crippen molar-refractivity contribution in [2.24, 2.45) is 0 Å². The molecule has 1 amide bonds. The number of halogens is 1. The number of carbonyl (C=O) groups excluding carboxylic acids is 1. The van der Waals surface area contributed by atoms with Crippen LogP contribution in [0.2, 0.25) is 5.02 Å². The van der Waals surface area contributed by atoms with Crippen molar-refractivity contribution in [3.05, 3.63) is 34.3 Å². The van der Waals surface area contributed by atoms with Crippen molar-refractivity contribution < 1.29 is 4.79 Å². The normalized spacial score (nSPS) is 9.83. The topological polar surface area (TPSA) is 40.9 Å². The Bertz CT molecular complexity index is 309. The molecule has 0 atom stereocenters. The average molecular weight is 183 g/mol. The predicted octanol–water partition coefficient (Wildman–Crippen LogP) is 2.00. The Balaban J connectivity index is 2.89. The van der Waals surface area contributed by atoms with Gasteiger partial charge < -0.3 is 0 Å². The van der Waals surface area contributed by atoms with Gasteiger partial charge in [-0.25, -0.2) is 0 Å². The smallest absolute Gasteiger partial charge is 0.242 e. The first-order chi connectivity index (χ1) is 5.59. The molecule has 1 aromatic carbocycles. The second-order valence-corrected chi connectivity index (χ2v) is 3.09. The monoisotopic (exact) mass is 182 g/mol. The summed E-state index contributed by atoms with van der Waals surface area (Å²) in [5.41, 5.74) is 8.54. The Morgan fingerprint density at radius 2 is 2.25 bits per heavy atom. The van der Waals surface area contributed by atoms with Gasteiger partial charge in [0.1, 0.15) is 0 Å². The van der Waals surface area contributed by atoms with Crippen LogP contribution in [-0.4, -0.2) is 5.91 Å². The summed E-state index contributed by atoms with van der Waals surface area (Å²) >= 11 is 5.82. The van der Waals surface area contributed by atoms with E-state index >= 15 is 0 Å². The molecule has 63 valence electrons. The number of hydrogen-bond acceptors (Lipinski definition) is 1. The second kappa shape index (κ2) is 3.59. The van der Waals surface area contributed by atoms with Crippen LogP contribution in [0.3, 0.4) is 0 Å². The summed E-state index contributed by atoms with van der Waals surface area (Å²) in [7, 11) is 0. The summed E-state index contributed by atoms with van der Waals surface area (Å²) < 4.78 is 0. The van der Waals surface area contributed by atoms with Gasteiger partial charge >= 0.3 is 0 Å². The Morgan fingerprint density at radius 1 is 1.58 bits per heavy atom. The minimum atomic E-state index is -0.588. The molecule has 0 fully saturated rings. The first-order valence-corrected chi connectivity index (χ1v) is 3.97. The number of hydrogen-bond donors (Lipinski definition) is 0. The van der Waals surface area contributed by atoms with Crippen LogP contribution >= 0.6 is 11.6 Å². The first-order valence-electron chi connectivity index (χ1n) is 3.59. The standard InChI is InChI=1S/C9H9ClNO/c1-6-2-3-7(4-8(6)10)5-9(11)12/h2-4,11H,5H2,1H3. The molecule has 1 N–H and O–H groups in total. The third kappa shape index (κ3) is 2.24. The number of rotatable bonds is 2. The van der Waals surface area contributed by atoms with Crippen LogP contribution in [0.4, 0.5) is 0 Å². The van der Waals surface area contributed by atoms with E-state index in [1.54, 1.807) is 6.07 Å². The van der Waals surface area contributed by atoms with Gasteiger partial charge in [-0.2, -0.15) is 0 Å². The minimum Gasteiger partial charge on any atom is -0.273 e. The number of nitrogens with one attached hydrogen (secondary N) is 1. The van der Waals surface area contributed by atoms with Crippen molar-refractivity contribution in [2.75, 3.05) is 0 Å². The number of carbonyl (C=O) groups is 1. The zero-order valence-corrected chi connectivity index (χ0v) is 7.48. The minimum absolute atomic E-state index is 0.139. The van der Waals surface area contributed by atoms with Gasteiger partial charge in [-0.15, -0.1) is 0 Å². The predicted molar refractivity (Wildman–Crippen MR) is 48.0 cm³/mol. The summed E-state index contributed by atoms with van der Waals surface area (Å²) in [5.74, 6) is -0.588. The molecule has 0 aliphatic rings. The van der Waals surface area contributed by atoms with Gasteiger partial charge in [0.25, 0.3) is 0 Å². The van der Waals surface area contributed by atoms with Crippen molar-refractivity contribution in [1.29, 1.82) is 0 Å². The van der Waals surface area contributed by atoms with E-state index in [2.05, 4.69) is 0 Å². The number of amides is 1. The van der Waals surface area contributed by atoms with Crippen molar-refractivity contribution in [2.45, 2.75) is 13.3 Å². The average Bonchev–Trinajstić information content (AvgIpc) is 1.96. The van der Waals surface area contributed by atoms with E-state index in [0.29, 0.717) is 5.02 Å². The van der Waals surface area contributed by atoms with Gasteiger partial charge in [0.15, 0.2) is 0 Å². The highest BCUT2D eigenvalue weighted by molar-refractivity contribution is 6.31. The molecule has 2 nitrogen and oxygen atoms in total. The van der Waals surface area contributed by atoms with E-state index in [9.17, 15) is 4.79 Å². The van der Waals surface area contributed by atoms with E-state index in [1.165, 1.54) is 0 Å².